The summed E-state index contributed by atoms with van der Waals surface area (Å²) in [6.45, 7) is 4.50. The van der Waals surface area contributed by atoms with Crippen molar-refractivity contribution in [2.45, 2.75) is 50.3 Å². The molecule has 0 bridgehead atoms. The minimum Gasteiger partial charge on any atom is -0.373 e. The third-order valence-corrected chi connectivity index (χ3v) is 6.83. The quantitative estimate of drug-likeness (QED) is 0.631. The monoisotopic (exact) mass is 459 g/mol. The van der Waals surface area contributed by atoms with E-state index in [4.69, 9.17) is 4.74 Å². The molecule has 8 nitrogen and oxygen atoms in total. The molecule has 0 spiro atoms. The number of hydrogen-bond acceptors (Lipinski definition) is 5. The van der Waals surface area contributed by atoms with Gasteiger partial charge < -0.3 is 15.0 Å². The molecule has 1 aliphatic rings. The molecular formula is C23H29N3O5S. The molecule has 32 heavy (non-hydrogen) atoms. The Labute approximate surface area is 189 Å². The van der Waals surface area contributed by atoms with E-state index in [1.165, 1.54) is 31.2 Å². The summed E-state index contributed by atoms with van der Waals surface area (Å²) < 4.78 is 33.7. The fourth-order valence-electron chi connectivity index (χ4n) is 3.58. The number of carbonyl (C=O) groups is 2. The summed E-state index contributed by atoms with van der Waals surface area (Å²) in [5.41, 5.74) is 1.61. The molecule has 9 heteroatoms. The lowest BCUT2D eigenvalue weighted by atomic mass is 10.1. The third-order valence-electron chi connectivity index (χ3n) is 5.27. The molecule has 2 amide bonds. The van der Waals surface area contributed by atoms with Crippen LogP contribution >= 0.6 is 0 Å². The first-order valence-corrected chi connectivity index (χ1v) is 12.1. The van der Waals surface area contributed by atoms with Crippen LogP contribution in [-0.2, 0) is 31.0 Å². The summed E-state index contributed by atoms with van der Waals surface area (Å²) in [6.07, 6.45) is 1.50. The smallest absolute Gasteiger partial charge is 0.241 e. The molecule has 2 aromatic carbocycles. The third kappa shape index (κ3) is 6.62. The number of nitrogens with one attached hydrogen (secondary N) is 2. The maximum absolute atomic E-state index is 12.8. The molecule has 1 saturated heterocycles. The SMILES string of the molecule is CC(=O)Nc1ccc(S(=O)(=O)N[C@@H](C)C(=O)N2CCC(OCc3ccccc3)CC2)cc1. The van der Waals surface area contributed by atoms with E-state index in [9.17, 15) is 18.0 Å². The van der Waals surface area contributed by atoms with Crippen LogP contribution in [0.25, 0.3) is 0 Å². The fraction of sp³-hybridized carbons (Fsp3) is 0.391. The highest BCUT2D eigenvalue weighted by Crippen LogP contribution is 2.18. The molecular weight excluding hydrogens is 430 g/mol. The summed E-state index contributed by atoms with van der Waals surface area (Å²) in [4.78, 5) is 25.6. The van der Waals surface area contributed by atoms with Gasteiger partial charge in [0.2, 0.25) is 21.8 Å². The van der Waals surface area contributed by atoms with E-state index in [1.54, 1.807) is 11.8 Å². The van der Waals surface area contributed by atoms with Gasteiger partial charge >= 0.3 is 0 Å². The van der Waals surface area contributed by atoms with Gasteiger partial charge in [-0.25, -0.2) is 8.42 Å². The number of likely N-dealkylation sites (tertiary alicyclic amines) is 1. The van der Waals surface area contributed by atoms with E-state index in [1.807, 2.05) is 30.3 Å². The predicted molar refractivity (Wildman–Crippen MR) is 121 cm³/mol. The molecule has 1 fully saturated rings. The average Bonchev–Trinajstić information content (AvgIpc) is 2.78. The number of carbonyl (C=O) groups excluding carboxylic acids is 2. The molecule has 0 saturated carbocycles. The van der Waals surface area contributed by atoms with Gasteiger partial charge in [0.1, 0.15) is 0 Å². The summed E-state index contributed by atoms with van der Waals surface area (Å²) in [6, 6.07) is 14.8. The molecule has 3 rings (SSSR count). The van der Waals surface area contributed by atoms with Crippen molar-refractivity contribution in [3.05, 3.63) is 60.2 Å². The first-order valence-electron chi connectivity index (χ1n) is 10.6. The highest BCUT2D eigenvalue weighted by atomic mass is 32.2. The normalized spacial score (nSPS) is 15.9. The van der Waals surface area contributed by atoms with Crippen molar-refractivity contribution < 1.29 is 22.7 Å². The Morgan fingerprint density at radius 2 is 1.69 bits per heavy atom. The van der Waals surface area contributed by atoms with Crippen molar-refractivity contribution in [3.63, 3.8) is 0 Å². The molecule has 1 heterocycles. The van der Waals surface area contributed by atoms with Gasteiger partial charge in [0.05, 0.1) is 23.6 Å². The molecule has 2 N–H and O–H groups in total. The number of sulfonamides is 1. The zero-order valence-electron chi connectivity index (χ0n) is 18.3. The van der Waals surface area contributed by atoms with E-state index in [0.29, 0.717) is 38.2 Å². The number of piperidine rings is 1. The maximum atomic E-state index is 12.8. The van der Waals surface area contributed by atoms with Crippen LogP contribution in [0.1, 0.15) is 32.3 Å². The van der Waals surface area contributed by atoms with Gasteiger partial charge in [0.15, 0.2) is 0 Å². The largest absolute Gasteiger partial charge is 0.373 e. The van der Waals surface area contributed by atoms with E-state index in [-0.39, 0.29) is 22.8 Å². The van der Waals surface area contributed by atoms with Crippen molar-refractivity contribution in [1.29, 1.82) is 0 Å². The second kappa shape index (κ2) is 10.7. The Balaban J connectivity index is 1.49. The van der Waals surface area contributed by atoms with Crippen molar-refractivity contribution >= 4 is 27.5 Å². The van der Waals surface area contributed by atoms with Crippen molar-refractivity contribution in [1.82, 2.24) is 9.62 Å². The van der Waals surface area contributed by atoms with Crippen LogP contribution in [0.4, 0.5) is 5.69 Å². The van der Waals surface area contributed by atoms with Crippen molar-refractivity contribution in [2.24, 2.45) is 0 Å². The van der Waals surface area contributed by atoms with E-state index < -0.39 is 16.1 Å². The fourth-order valence-corrected chi connectivity index (χ4v) is 4.77. The number of ether oxygens (including phenoxy) is 1. The Bertz CT molecular complexity index is 1020. The van der Waals surface area contributed by atoms with Crippen LogP contribution in [0.3, 0.4) is 0 Å². The number of benzene rings is 2. The molecule has 0 aliphatic carbocycles. The summed E-state index contributed by atoms with van der Waals surface area (Å²) in [7, 11) is -3.87. The number of nitrogens with zero attached hydrogens (tertiary/aromatic N) is 1. The number of amides is 2. The predicted octanol–water partition coefficient (Wildman–Crippen LogP) is 2.52. The minimum absolute atomic E-state index is 0.0271. The van der Waals surface area contributed by atoms with Gasteiger partial charge in [0.25, 0.3) is 0 Å². The maximum Gasteiger partial charge on any atom is 0.241 e. The Morgan fingerprint density at radius 1 is 1.06 bits per heavy atom. The highest BCUT2D eigenvalue weighted by molar-refractivity contribution is 7.89. The van der Waals surface area contributed by atoms with Crippen molar-refractivity contribution in [2.75, 3.05) is 18.4 Å². The molecule has 0 radical (unpaired) electrons. The van der Waals surface area contributed by atoms with E-state index >= 15 is 0 Å². The molecule has 0 unspecified atom stereocenters. The highest BCUT2D eigenvalue weighted by Gasteiger charge is 2.29. The lowest BCUT2D eigenvalue weighted by Crippen LogP contribution is -2.50. The van der Waals surface area contributed by atoms with Crippen LogP contribution in [-0.4, -0.2) is 50.4 Å². The lowest BCUT2D eigenvalue weighted by Gasteiger charge is -2.33. The van der Waals surface area contributed by atoms with E-state index in [2.05, 4.69) is 10.0 Å². The van der Waals surface area contributed by atoms with Gasteiger partial charge in [-0.15, -0.1) is 0 Å². The molecule has 2 aromatic rings. The summed E-state index contributed by atoms with van der Waals surface area (Å²) in [5, 5.41) is 2.58. The van der Waals surface area contributed by atoms with Crippen LogP contribution in [0.15, 0.2) is 59.5 Å². The number of anilines is 1. The van der Waals surface area contributed by atoms with Crippen molar-refractivity contribution in [3.8, 4) is 0 Å². The summed E-state index contributed by atoms with van der Waals surface area (Å²) >= 11 is 0. The zero-order valence-corrected chi connectivity index (χ0v) is 19.1. The summed E-state index contributed by atoms with van der Waals surface area (Å²) in [5.74, 6) is -0.503. The van der Waals surface area contributed by atoms with Crippen LogP contribution in [0.5, 0.6) is 0 Å². The van der Waals surface area contributed by atoms with Gasteiger partial charge in [0, 0.05) is 25.7 Å². The second-order valence-electron chi connectivity index (χ2n) is 7.87. The van der Waals surface area contributed by atoms with Crippen LogP contribution in [0, 0.1) is 0 Å². The second-order valence-corrected chi connectivity index (χ2v) is 9.58. The van der Waals surface area contributed by atoms with Gasteiger partial charge in [-0.05, 0) is 49.6 Å². The first-order chi connectivity index (χ1) is 15.2. The molecule has 1 atom stereocenters. The Kier molecular flexibility index (Phi) is 8.00. The lowest BCUT2D eigenvalue weighted by molar-refractivity contribution is -0.135. The first kappa shape index (κ1) is 23.9. The zero-order chi connectivity index (χ0) is 23.1. The molecule has 172 valence electrons. The van der Waals surface area contributed by atoms with Gasteiger partial charge in [-0.3, -0.25) is 9.59 Å². The molecule has 1 aliphatic heterocycles. The van der Waals surface area contributed by atoms with Crippen LogP contribution in [0.2, 0.25) is 0 Å². The number of hydrogen-bond donors (Lipinski definition) is 2. The standard InChI is InChI=1S/C23H29N3O5S/c1-17(25-32(29,30)22-10-8-20(9-11-22)24-18(2)27)23(28)26-14-12-21(13-15-26)31-16-19-6-4-3-5-7-19/h3-11,17,21,25H,12-16H2,1-2H3,(H,24,27)/t17-/m0/s1. The van der Waals surface area contributed by atoms with E-state index in [0.717, 1.165) is 5.56 Å². The number of rotatable bonds is 8. The Morgan fingerprint density at radius 3 is 2.28 bits per heavy atom. The van der Waals surface area contributed by atoms with Gasteiger partial charge in [-0.1, -0.05) is 30.3 Å². The topological polar surface area (TPSA) is 105 Å². The Hall–Kier alpha value is -2.75. The van der Waals surface area contributed by atoms with Gasteiger partial charge in [-0.2, -0.15) is 4.72 Å². The van der Waals surface area contributed by atoms with Crippen LogP contribution < -0.4 is 10.0 Å². The average molecular weight is 460 g/mol. The minimum atomic E-state index is -3.87. The molecule has 0 aromatic heterocycles.